The maximum Gasteiger partial charge on any atom is 0.159 e. The Kier molecular flexibility index (Phi) is 5.33. The molecule has 0 unspecified atom stereocenters. The zero-order valence-electron chi connectivity index (χ0n) is 17.3. The number of pyridine rings is 1. The first-order chi connectivity index (χ1) is 15.5. The van der Waals surface area contributed by atoms with Gasteiger partial charge in [0.2, 0.25) is 0 Å². The highest BCUT2D eigenvalue weighted by atomic mass is 19.2. The van der Waals surface area contributed by atoms with Crippen LogP contribution < -0.4 is 5.73 Å². The minimum Gasteiger partial charge on any atom is -0.399 e. The van der Waals surface area contributed by atoms with Crippen molar-refractivity contribution in [2.24, 2.45) is 0 Å². The van der Waals surface area contributed by atoms with E-state index in [0.29, 0.717) is 17.1 Å². The Labute approximate surface area is 184 Å². The van der Waals surface area contributed by atoms with Crippen LogP contribution in [0.25, 0.3) is 22.6 Å². The monoisotopic (exact) mass is 429 g/mol. The summed E-state index contributed by atoms with van der Waals surface area (Å²) in [7, 11) is 0. The molecule has 0 bridgehead atoms. The van der Waals surface area contributed by atoms with Gasteiger partial charge in [-0.3, -0.25) is 9.88 Å². The third kappa shape index (κ3) is 4.20. The summed E-state index contributed by atoms with van der Waals surface area (Å²) in [5, 5.41) is 0. The van der Waals surface area contributed by atoms with E-state index in [2.05, 4.69) is 14.9 Å². The van der Waals surface area contributed by atoms with Gasteiger partial charge in [0.15, 0.2) is 17.5 Å². The molecule has 0 fully saturated rings. The molecule has 0 spiro atoms. The summed E-state index contributed by atoms with van der Waals surface area (Å²) < 4.78 is 26.6. The largest absolute Gasteiger partial charge is 0.399 e. The van der Waals surface area contributed by atoms with Crippen LogP contribution in [0.4, 0.5) is 14.5 Å². The third-order valence-corrected chi connectivity index (χ3v) is 5.63. The lowest BCUT2D eigenvalue weighted by Crippen LogP contribution is -2.31. The number of rotatable bonds is 4. The van der Waals surface area contributed by atoms with Crippen LogP contribution in [0.1, 0.15) is 16.8 Å². The normalized spacial score (nSPS) is 13.7. The van der Waals surface area contributed by atoms with Gasteiger partial charge < -0.3 is 5.73 Å². The van der Waals surface area contributed by atoms with Crippen LogP contribution in [-0.4, -0.2) is 26.4 Å². The van der Waals surface area contributed by atoms with E-state index in [1.165, 1.54) is 6.07 Å². The fraction of sp³-hybridized carbons (Fsp3) is 0.160. The second kappa shape index (κ2) is 8.43. The van der Waals surface area contributed by atoms with Crippen molar-refractivity contribution >= 4 is 5.69 Å². The maximum atomic E-state index is 13.5. The first-order valence-corrected chi connectivity index (χ1v) is 10.4. The molecule has 2 N–H and O–H groups in total. The zero-order chi connectivity index (χ0) is 22.1. The zero-order valence-corrected chi connectivity index (χ0v) is 17.3. The Bertz CT molecular complexity index is 1260. The number of nitrogens with zero attached hydrogens (tertiary/aromatic N) is 4. The second-order valence-corrected chi connectivity index (χ2v) is 7.93. The van der Waals surface area contributed by atoms with Gasteiger partial charge in [0.1, 0.15) is 0 Å². The summed E-state index contributed by atoms with van der Waals surface area (Å²) in [6.45, 7) is 2.39. The van der Waals surface area contributed by atoms with E-state index in [1.54, 1.807) is 6.20 Å². The molecule has 7 heteroatoms. The molecule has 0 saturated heterocycles. The number of fused-ring (bicyclic) bond motifs is 1. The van der Waals surface area contributed by atoms with E-state index in [1.807, 2.05) is 42.6 Å². The molecular weight excluding hydrogens is 408 g/mol. The van der Waals surface area contributed by atoms with Gasteiger partial charge >= 0.3 is 0 Å². The van der Waals surface area contributed by atoms with E-state index in [9.17, 15) is 8.78 Å². The highest BCUT2D eigenvalue weighted by Crippen LogP contribution is 2.24. The molecule has 0 amide bonds. The molecule has 3 heterocycles. The van der Waals surface area contributed by atoms with Gasteiger partial charge in [-0.15, -0.1) is 0 Å². The van der Waals surface area contributed by atoms with Gasteiger partial charge in [-0.1, -0.05) is 6.07 Å². The van der Waals surface area contributed by atoms with Crippen LogP contribution >= 0.6 is 0 Å². The van der Waals surface area contributed by atoms with Gasteiger partial charge in [0.25, 0.3) is 0 Å². The van der Waals surface area contributed by atoms with Crippen molar-refractivity contribution in [1.82, 2.24) is 19.9 Å². The van der Waals surface area contributed by atoms with E-state index >= 15 is 0 Å². The van der Waals surface area contributed by atoms with Crippen molar-refractivity contribution in [2.45, 2.75) is 19.5 Å². The van der Waals surface area contributed by atoms with E-state index in [-0.39, 0.29) is 0 Å². The van der Waals surface area contributed by atoms with Crippen LogP contribution in [0.2, 0.25) is 0 Å². The minimum atomic E-state index is -0.873. The first-order valence-electron chi connectivity index (χ1n) is 10.4. The average molecular weight is 429 g/mol. The Morgan fingerprint density at radius 2 is 1.69 bits per heavy atom. The highest BCUT2D eigenvalue weighted by molar-refractivity contribution is 5.60. The van der Waals surface area contributed by atoms with E-state index < -0.39 is 11.6 Å². The molecule has 0 radical (unpaired) electrons. The molecule has 1 aliphatic rings. The third-order valence-electron chi connectivity index (χ3n) is 5.63. The molecule has 0 atom stereocenters. The molecule has 1 aliphatic heterocycles. The fourth-order valence-corrected chi connectivity index (χ4v) is 3.88. The topological polar surface area (TPSA) is 67.9 Å². The quantitative estimate of drug-likeness (QED) is 0.480. The lowest BCUT2D eigenvalue weighted by molar-refractivity contribution is 0.242. The summed E-state index contributed by atoms with van der Waals surface area (Å²) in [5.41, 5.74) is 11.9. The molecule has 5 nitrogen and oxygen atoms in total. The standard InChI is InChI=1S/C25H21F2N5/c26-21-7-4-18(11-22(21)27)23-8-1-16(12-29-23)14-32-10-9-24-19(15-32)13-30-25(31-24)17-2-5-20(28)6-3-17/h1-8,11-13H,9-10,14-15,28H2. The molecule has 32 heavy (non-hydrogen) atoms. The number of nitrogens with two attached hydrogens (primary N) is 1. The second-order valence-electron chi connectivity index (χ2n) is 7.93. The van der Waals surface area contributed by atoms with Gasteiger partial charge in [-0.05, 0) is 54.1 Å². The number of anilines is 1. The summed E-state index contributed by atoms with van der Waals surface area (Å²) in [5.74, 6) is -1.02. The van der Waals surface area contributed by atoms with Crippen molar-refractivity contribution in [3.05, 3.63) is 95.4 Å². The summed E-state index contributed by atoms with van der Waals surface area (Å²) >= 11 is 0. The smallest absolute Gasteiger partial charge is 0.159 e. The molecule has 2 aromatic heterocycles. The summed E-state index contributed by atoms with van der Waals surface area (Å²) in [4.78, 5) is 16.1. The predicted octanol–water partition coefficient (Wildman–Crippen LogP) is 4.62. The number of hydrogen-bond acceptors (Lipinski definition) is 5. The fourth-order valence-electron chi connectivity index (χ4n) is 3.88. The Morgan fingerprint density at radius 1 is 0.875 bits per heavy atom. The van der Waals surface area contributed by atoms with Crippen LogP contribution in [0, 0.1) is 11.6 Å². The number of benzene rings is 2. The van der Waals surface area contributed by atoms with Gasteiger partial charge in [0, 0.05) is 60.8 Å². The average Bonchev–Trinajstić information content (AvgIpc) is 2.81. The van der Waals surface area contributed by atoms with Crippen molar-refractivity contribution < 1.29 is 8.78 Å². The van der Waals surface area contributed by atoms with Gasteiger partial charge in [-0.25, -0.2) is 18.7 Å². The molecule has 4 aromatic rings. The molecule has 0 aliphatic carbocycles. The number of hydrogen-bond donors (Lipinski definition) is 1. The molecule has 2 aromatic carbocycles. The maximum absolute atomic E-state index is 13.5. The Hall–Kier alpha value is -3.71. The lowest BCUT2D eigenvalue weighted by Gasteiger charge is -2.28. The molecule has 160 valence electrons. The van der Waals surface area contributed by atoms with Crippen LogP contribution in [0.15, 0.2) is 67.0 Å². The van der Waals surface area contributed by atoms with Crippen LogP contribution in [-0.2, 0) is 19.5 Å². The van der Waals surface area contributed by atoms with Crippen molar-refractivity contribution in [3.8, 4) is 22.6 Å². The minimum absolute atomic E-state index is 0.552. The van der Waals surface area contributed by atoms with Gasteiger partial charge in [-0.2, -0.15) is 0 Å². The van der Waals surface area contributed by atoms with E-state index in [4.69, 9.17) is 10.7 Å². The summed E-state index contributed by atoms with van der Waals surface area (Å²) in [6.07, 6.45) is 4.54. The molecular formula is C25H21F2N5. The summed E-state index contributed by atoms with van der Waals surface area (Å²) in [6, 6.07) is 15.2. The van der Waals surface area contributed by atoms with Gasteiger partial charge in [0.05, 0.1) is 11.4 Å². The Balaban J connectivity index is 1.27. The first kappa shape index (κ1) is 20.2. The highest BCUT2D eigenvalue weighted by Gasteiger charge is 2.19. The van der Waals surface area contributed by atoms with E-state index in [0.717, 1.165) is 66.3 Å². The number of halogens is 2. The number of nitrogen functional groups attached to an aromatic ring is 1. The lowest BCUT2D eigenvalue weighted by atomic mass is 10.1. The van der Waals surface area contributed by atoms with Crippen molar-refractivity contribution in [2.75, 3.05) is 12.3 Å². The van der Waals surface area contributed by atoms with Crippen molar-refractivity contribution in [3.63, 3.8) is 0 Å². The van der Waals surface area contributed by atoms with Crippen LogP contribution in [0.5, 0.6) is 0 Å². The van der Waals surface area contributed by atoms with Crippen LogP contribution in [0.3, 0.4) is 0 Å². The number of aromatic nitrogens is 3. The molecule has 5 rings (SSSR count). The Morgan fingerprint density at radius 3 is 2.44 bits per heavy atom. The SMILES string of the molecule is Nc1ccc(-c2ncc3c(n2)CCN(Cc2ccc(-c4ccc(F)c(F)c4)nc2)C3)cc1. The molecule has 0 saturated carbocycles. The van der Waals surface area contributed by atoms with Crippen molar-refractivity contribution in [1.29, 1.82) is 0 Å². The predicted molar refractivity (Wildman–Crippen MR) is 119 cm³/mol.